The van der Waals surface area contributed by atoms with Gasteiger partial charge in [0.1, 0.15) is 17.3 Å². The van der Waals surface area contributed by atoms with Crippen molar-refractivity contribution in [2.24, 2.45) is 0 Å². The van der Waals surface area contributed by atoms with Gasteiger partial charge in [0.2, 0.25) is 0 Å². The predicted octanol–water partition coefficient (Wildman–Crippen LogP) is 4.96. The average molecular weight is 381 g/mol. The van der Waals surface area contributed by atoms with Crippen molar-refractivity contribution in [2.45, 2.75) is 6.18 Å². The van der Waals surface area contributed by atoms with Gasteiger partial charge in [0, 0.05) is 18.3 Å². The van der Waals surface area contributed by atoms with E-state index in [4.69, 9.17) is 16.3 Å². The number of pyridine rings is 1. The summed E-state index contributed by atoms with van der Waals surface area (Å²) < 4.78 is 44.7. The van der Waals surface area contributed by atoms with Crippen molar-refractivity contribution in [3.63, 3.8) is 0 Å². The fourth-order valence-corrected chi connectivity index (χ4v) is 2.30. The summed E-state index contributed by atoms with van der Waals surface area (Å²) in [5.41, 5.74) is -0.516. The minimum Gasteiger partial charge on any atom is -0.497 e. The highest BCUT2D eigenvalue weighted by Crippen LogP contribution is 2.33. The Balaban J connectivity index is 2.07. The summed E-state index contributed by atoms with van der Waals surface area (Å²) in [6.45, 7) is 0. The van der Waals surface area contributed by atoms with Gasteiger partial charge < -0.3 is 10.1 Å². The van der Waals surface area contributed by atoms with Gasteiger partial charge >= 0.3 is 6.18 Å². The smallest absolute Gasteiger partial charge is 0.433 e. The van der Waals surface area contributed by atoms with Crippen LogP contribution in [0.4, 0.5) is 24.7 Å². The van der Waals surface area contributed by atoms with E-state index in [1.165, 1.54) is 19.4 Å². The molecular formula is C17H12ClF3N4O. The highest BCUT2D eigenvalue weighted by molar-refractivity contribution is 6.33. The molecule has 0 atom stereocenters. The Bertz CT molecular complexity index is 920. The molecule has 0 bridgehead atoms. The molecule has 9 heteroatoms. The molecule has 134 valence electrons. The van der Waals surface area contributed by atoms with E-state index in [-0.39, 0.29) is 17.3 Å². The summed E-state index contributed by atoms with van der Waals surface area (Å²) in [6, 6.07) is 10.4. The molecule has 1 N–H and O–H groups in total. The normalized spacial score (nSPS) is 11.3. The number of alkyl halides is 3. The number of ether oxygens (including phenoxy) is 1. The van der Waals surface area contributed by atoms with Crippen LogP contribution in [-0.2, 0) is 6.18 Å². The number of methoxy groups -OCH3 is 1. The summed E-state index contributed by atoms with van der Waals surface area (Å²) >= 11 is 6.09. The topological polar surface area (TPSA) is 59.9 Å². The van der Waals surface area contributed by atoms with Crippen LogP contribution in [0.15, 0.2) is 48.7 Å². The van der Waals surface area contributed by atoms with Gasteiger partial charge in [-0.2, -0.15) is 13.2 Å². The van der Waals surface area contributed by atoms with Crippen LogP contribution >= 0.6 is 11.6 Å². The van der Waals surface area contributed by atoms with Gasteiger partial charge in [0.15, 0.2) is 11.5 Å². The van der Waals surface area contributed by atoms with Crippen LogP contribution in [0.3, 0.4) is 0 Å². The molecule has 2 heterocycles. The predicted molar refractivity (Wildman–Crippen MR) is 91.6 cm³/mol. The Morgan fingerprint density at radius 3 is 2.54 bits per heavy atom. The summed E-state index contributed by atoms with van der Waals surface area (Å²) in [5, 5.41) is 3.08. The molecule has 5 nitrogen and oxygen atoms in total. The van der Waals surface area contributed by atoms with E-state index in [1.807, 2.05) is 0 Å². The molecule has 0 fully saturated rings. The lowest BCUT2D eigenvalue weighted by atomic mass is 10.2. The van der Waals surface area contributed by atoms with E-state index >= 15 is 0 Å². The molecule has 3 rings (SSSR count). The molecule has 1 aromatic carbocycles. The first-order valence-corrected chi connectivity index (χ1v) is 7.73. The van der Waals surface area contributed by atoms with Crippen LogP contribution in [0.5, 0.6) is 5.75 Å². The zero-order valence-corrected chi connectivity index (χ0v) is 14.1. The average Bonchev–Trinajstić information content (AvgIpc) is 2.63. The van der Waals surface area contributed by atoms with Crippen molar-refractivity contribution in [1.29, 1.82) is 0 Å². The van der Waals surface area contributed by atoms with Gasteiger partial charge in [-0.15, -0.1) is 0 Å². The first-order chi connectivity index (χ1) is 12.4. The van der Waals surface area contributed by atoms with Crippen molar-refractivity contribution in [2.75, 3.05) is 12.4 Å². The molecule has 0 saturated carbocycles. The second-order valence-corrected chi connectivity index (χ2v) is 5.55. The SMILES string of the molecule is COc1ccc(Cl)c(Nc2cc(C(F)(F)F)nc(-c3ccccn3)n2)c1. The largest absolute Gasteiger partial charge is 0.497 e. The van der Waals surface area contributed by atoms with E-state index in [1.54, 1.807) is 30.3 Å². The maximum absolute atomic E-state index is 13.2. The third-order valence-electron chi connectivity index (χ3n) is 3.35. The van der Waals surface area contributed by atoms with E-state index in [2.05, 4.69) is 20.3 Å². The molecule has 0 spiro atoms. The number of nitrogens with zero attached hydrogens (tertiary/aromatic N) is 3. The van der Waals surface area contributed by atoms with Gasteiger partial charge in [0.25, 0.3) is 0 Å². The lowest BCUT2D eigenvalue weighted by molar-refractivity contribution is -0.141. The van der Waals surface area contributed by atoms with Crippen molar-refractivity contribution in [1.82, 2.24) is 15.0 Å². The highest BCUT2D eigenvalue weighted by Gasteiger charge is 2.34. The third-order valence-corrected chi connectivity index (χ3v) is 3.68. The van der Waals surface area contributed by atoms with E-state index in [9.17, 15) is 13.2 Å². The fraction of sp³-hybridized carbons (Fsp3) is 0.118. The molecule has 0 amide bonds. The highest BCUT2D eigenvalue weighted by atomic mass is 35.5. The number of hydrogen-bond donors (Lipinski definition) is 1. The minimum absolute atomic E-state index is 0.0665. The monoisotopic (exact) mass is 380 g/mol. The fourth-order valence-electron chi connectivity index (χ4n) is 2.13. The van der Waals surface area contributed by atoms with Crippen LogP contribution in [0.25, 0.3) is 11.5 Å². The quantitative estimate of drug-likeness (QED) is 0.693. The summed E-state index contributed by atoms with van der Waals surface area (Å²) in [7, 11) is 1.47. The van der Waals surface area contributed by atoms with Gasteiger partial charge in [-0.05, 0) is 24.3 Å². The first-order valence-electron chi connectivity index (χ1n) is 7.35. The number of nitrogens with one attached hydrogen (secondary N) is 1. The number of halogens is 4. The molecule has 0 aliphatic heterocycles. The Morgan fingerprint density at radius 2 is 1.88 bits per heavy atom. The molecule has 3 aromatic rings. The molecule has 26 heavy (non-hydrogen) atoms. The van der Waals surface area contributed by atoms with Gasteiger partial charge in [-0.1, -0.05) is 17.7 Å². The zero-order chi connectivity index (χ0) is 18.7. The first kappa shape index (κ1) is 17.9. The van der Waals surface area contributed by atoms with Crippen molar-refractivity contribution in [3.8, 4) is 17.3 Å². The number of anilines is 2. The van der Waals surface area contributed by atoms with E-state index in [0.717, 1.165) is 6.07 Å². The number of aromatic nitrogens is 3. The van der Waals surface area contributed by atoms with Crippen LogP contribution in [-0.4, -0.2) is 22.1 Å². The number of hydrogen-bond acceptors (Lipinski definition) is 5. The van der Waals surface area contributed by atoms with Crippen LogP contribution in [0.2, 0.25) is 5.02 Å². The summed E-state index contributed by atoms with van der Waals surface area (Å²) in [5.74, 6) is 0.275. The lowest BCUT2D eigenvalue weighted by Crippen LogP contribution is -2.11. The maximum Gasteiger partial charge on any atom is 0.433 e. The maximum atomic E-state index is 13.2. The van der Waals surface area contributed by atoms with Crippen molar-refractivity contribution < 1.29 is 17.9 Å². The van der Waals surface area contributed by atoms with Crippen LogP contribution < -0.4 is 10.1 Å². The standard InChI is InChI=1S/C17H12ClF3N4O/c1-26-10-5-6-11(18)13(8-10)23-15-9-14(17(19,20)21)24-16(25-15)12-4-2-3-7-22-12/h2-9H,1H3,(H,23,24,25). The minimum atomic E-state index is -4.64. The van der Waals surface area contributed by atoms with Gasteiger partial charge in [-0.3, -0.25) is 4.98 Å². The molecule has 0 saturated heterocycles. The van der Waals surface area contributed by atoms with Crippen molar-refractivity contribution in [3.05, 3.63) is 59.4 Å². The lowest BCUT2D eigenvalue weighted by Gasteiger charge is -2.13. The molecule has 2 aromatic heterocycles. The Labute approximate surface area is 151 Å². The Kier molecular flexibility index (Phi) is 4.94. The Morgan fingerprint density at radius 1 is 1.08 bits per heavy atom. The number of rotatable bonds is 4. The molecule has 0 unspecified atom stereocenters. The van der Waals surface area contributed by atoms with Crippen LogP contribution in [0.1, 0.15) is 5.69 Å². The second-order valence-electron chi connectivity index (χ2n) is 5.15. The molecule has 0 radical (unpaired) electrons. The molecule has 0 aliphatic carbocycles. The van der Waals surface area contributed by atoms with E-state index in [0.29, 0.717) is 16.5 Å². The summed E-state index contributed by atoms with van der Waals surface area (Å²) in [6.07, 6.45) is -3.19. The zero-order valence-electron chi connectivity index (χ0n) is 13.4. The van der Waals surface area contributed by atoms with E-state index < -0.39 is 11.9 Å². The van der Waals surface area contributed by atoms with Gasteiger partial charge in [0.05, 0.1) is 17.8 Å². The Hall–Kier alpha value is -2.87. The molecular weight excluding hydrogens is 369 g/mol. The van der Waals surface area contributed by atoms with Crippen LogP contribution in [0, 0.1) is 0 Å². The van der Waals surface area contributed by atoms with Gasteiger partial charge in [-0.25, -0.2) is 9.97 Å². The van der Waals surface area contributed by atoms with Crippen molar-refractivity contribution >= 4 is 23.1 Å². The number of benzene rings is 1. The molecule has 0 aliphatic rings. The summed E-state index contributed by atoms with van der Waals surface area (Å²) in [4.78, 5) is 11.7. The third kappa shape index (κ3) is 4.02. The second kappa shape index (κ2) is 7.17.